The maximum atomic E-state index is 2.38. The summed E-state index contributed by atoms with van der Waals surface area (Å²) in [5.74, 6) is 0. The van der Waals surface area contributed by atoms with Gasteiger partial charge in [0.05, 0.1) is 11.0 Å². The van der Waals surface area contributed by atoms with E-state index in [9.17, 15) is 0 Å². The lowest BCUT2D eigenvalue weighted by Crippen LogP contribution is -2.10. The van der Waals surface area contributed by atoms with Gasteiger partial charge in [-0.2, -0.15) is 0 Å². The van der Waals surface area contributed by atoms with E-state index in [1.165, 1.54) is 66.0 Å². The topological polar surface area (TPSA) is 8.17 Å². The van der Waals surface area contributed by atoms with Crippen LogP contribution in [0.15, 0.2) is 218 Å². The zero-order chi connectivity index (χ0) is 35.8. The normalized spacial score (nSPS) is 11.3. The fourth-order valence-electron chi connectivity index (χ4n) is 8.00. The number of nitrogens with zero attached hydrogens (tertiary/aromatic N) is 2. The van der Waals surface area contributed by atoms with Crippen molar-refractivity contribution in [3.05, 3.63) is 218 Å². The lowest BCUT2D eigenvalue weighted by atomic mass is 9.97. The number of aromatic nitrogens is 1. The first-order chi connectivity index (χ1) is 26.8. The molecular weight excluding hydrogens is 653 g/mol. The van der Waals surface area contributed by atoms with E-state index < -0.39 is 0 Å². The Morgan fingerprint density at radius 3 is 1.50 bits per heavy atom. The maximum Gasteiger partial charge on any atom is 0.0541 e. The van der Waals surface area contributed by atoms with E-state index in [0.717, 1.165) is 22.7 Å². The molecule has 10 rings (SSSR count). The van der Waals surface area contributed by atoms with E-state index in [4.69, 9.17) is 0 Å². The van der Waals surface area contributed by atoms with Crippen LogP contribution in [0.4, 0.5) is 17.1 Å². The van der Waals surface area contributed by atoms with Crippen LogP contribution in [0.5, 0.6) is 0 Å². The molecule has 0 unspecified atom stereocenters. The van der Waals surface area contributed by atoms with Crippen LogP contribution in [0.1, 0.15) is 0 Å². The number of hydrogen-bond acceptors (Lipinski definition) is 1. The predicted octanol–water partition coefficient (Wildman–Crippen LogP) is 14.4. The van der Waals surface area contributed by atoms with Crippen molar-refractivity contribution >= 4 is 49.6 Å². The smallest absolute Gasteiger partial charge is 0.0541 e. The minimum Gasteiger partial charge on any atom is -0.310 e. The molecule has 1 aromatic heterocycles. The molecule has 54 heavy (non-hydrogen) atoms. The van der Waals surface area contributed by atoms with Crippen LogP contribution in [-0.2, 0) is 0 Å². The molecule has 2 nitrogen and oxygen atoms in total. The molecule has 0 fully saturated rings. The molecule has 0 saturated heterocycles. The Hall–Kier alpha value is -7.16. The van der Waals surface area contributed by atoms with E-state index in [1.54, 1.807) is 0 Å². The van der Waals surface area contributed by atoms with Crippen molar-refractivity contribution in [1.82, 2.24) is 4.57 Å². The summed E-state index contributed by atoms with van der Waals surface area (Å²) in [7, 11) is 0. The number of benzene rings is 9. The van der Waals surface area contributed by atoms with Crippen molar-refractivity contribution in [1.29, 1.82) is 0 Å². The van der Waals surface area contributed by atoms with Crippen molar-refractivity contribution in [3.8, 4) is 39.1 Å². The van der Waals surface area contributed by atoms with E-state index in [0.29, 0.717) is 0 Å². The van der Waals surface area contributed by atoms with Crippen molar-refractivity contribution in [3.63, 3.8) is 0 Å². The van der Waals surface area contributed by atoms with Gasteiger partial charge in [0.15, 0.2) is 0 Å². The molecule has 0 amide bonds. The molecule has 0 bridgehead atoms. The van der Waals surface area contributed by atoms with Gasteiger partial charge in [-0.15, -0.1) is 0 Å². The zero-order valence-electron chi connectivity index (χ0n) is 29.7. The minimum atomic E-state index is 1.10. The summed E-state index contributed by atoms with van der Waals surface area (Å²) in [6, 6.07) is 78.8. The molecule has 0 aliphatic carbocycles. The monoisotopic (exact) mass is 688 g/mol. The lowest BCUT2D eigenvalue weighted by molar-refractivity contribution is 1.18. The summed E-state index contributed by atoms with van der Waals surface area (Å²) in [6.07, 6.45) is 0. The highest BCUT2D eigenvalue weighted by atomic mass is 15.1. The highest BCUT2D eigenvalue weighted by Gasteiger charge is 2.16. The number of rotatable bonds is 7. The number of hydrogen-bond donors (Lipinski definition) is 0. The second-order valence-electron chi connectivity index (χ2n) is 13.8. The third-order valence-corrected chi connectivity index (χ3v) is 10.6. The van der Waals surface area contributed by atoms with Gasteiger partial charge >= 0.3 is 0 Å². The first-order valence-electron chi connectivity index (χ1n) is 18.5. The molecule has 0 radical (unpaired) electrons. The average Bonchev–Trinajstić information content (AvgIpc) is 3.59. The van der Waals surface area contributed by atoms with Crippen LogP contribution in [0.3, 0.4) is 0 Å². The molecule has 0 N–H and O–H groups in total. The summed E-state index contributed by atoms with van der Waals surface area (Å²) in [4.78, 5) is 2.36. The molecule has 0 aliphatic heterocycles. The van der Waals surface area contributed by atoms with Gasteiger partial charge in [-0.05, 0) is 105 Å². The number of para-hydroxylation sites is 2. The third-order valence-electron chi connectivity index (χ3n) is 10.6. The van der Waals surface area contributed by atoms with Crippen LogP contribution < -0.4 is 4.90 Å². The first kappa shape index (κ1) is 31.6. The van der Waals surface area contributed by atoms with Gasteiger partial charge in [0.25, 0.3) is 0 Å². The molecule has 2 heteroatoms. The van der Waals surface area contributed by atoms with E-state index in [-0.39, 0.29) is 0 Å². The van der Waals surface area contributed by atoms with Crippen molar-refractivity contribution < 1.29 is 0 Å². The third kappa shape index (κ3) is 5.62. The second-order valence-corrected chi connectivity index (χ2v) is 13.8. The molecular formula is C52H36N2. The Kier molecular flexibility index (Phi) is 7.85. The molecule has 0 saturated carbocycles. The predicted molar refractivity (Wildman–Crippen MR) is 229 cm³/mol. The Labute approximate surface area is 315 Å². The summed E-state index contributed by atoms with van der Waals surface area (Å²) in [5, 5.41) is 5.03. The minimum absolute atomic E-state index is 1.10. The summed E-state index contributed by atoms with van der Waals surface area (Å²) < 4.78 is 2.38. The number of fused-ring (bicyclic) bond motifs is 4. The van der Waals surface area contributed by atoms with Crippen LogP contribution in [0.2, 0.25) is 0 Å². The van der Waals surface area contributed by atoms with Gasteiger partial charge in [0, 0.05) is 33.5 Å². The summed E-state index contributed by atoms with van der Waals surface area (Å²) in [5.41, 5.74) is 14.1. The Bertz CT molecular complexity index is 2860. The fourth-order valence-corrected chi connectivity index (χ4v) is 8.00. The highest BCUT2D eigenvalue weighted by molar-refractivity contribution is 6.09. The van der Waals surface area contributed by atoms with Gasteiger partial charge in [-0.25, -0.2) is 0 Å². The largest absolute Gasteiger partial charge is 0.310 e. The highest BCUT2D eigenvalue weighted by Crippen LogP contribution is 2.40. The van der Waals surface area contributed by atoms with Gasteiger partial charge in [0.1, 0.15) is 0 Å². The zero-order valence-corrected chi connectivity index (χ0v) is 29.7. The maximum absolute atomic E-state index is 2.38. The van der Waals surface area contributed by atoms with Crippen molar-refractivity contribution in [2.75, 3.05) is 4.90 Å². The van der Waals surface area contributed by atoms with E-state index in [1.807, 2.05) is 0 Å². The standard InChI is InChI=1S/C52H36N2/c1-2-13-37(14-3-1)38-27-31-43(32-28-38)53(45-19-11-18-42(36-45)48-24-12-16-40-15-4-5-21-47(40)48)44-33-29-39(30-34-44)41-17-10-20-46(35-41)54-51-25-8-6-22-49(51)50-23-7-9-26-52(50)54/h1-36H. The summed E-state index contributed by atoms with van der Waals surface area (Å²) in [6.45, 7) is 0. The molecule has 1 heterocycles. The molecule has 0 spiro atoms. The van der Waals surface area contributed by atoms with Crippen molar-refractivity contribution in [2.24, 2.45) is 0 Å². The summed E-state index contributed by atoms with van der Waals surface area (Å²) >= 11 is 0. The van der Waals surface area contributed by atoms with Gasteiger partial charge in [0.2, 0.25) is 0 Å². The molecule has 254 valence electrons. The molecule has 9 aromatic carbocycles. The molecule has 0 aliphatic rings. The van der Waals surface area contributed by atoms with Crippen LogP contribution in [0, 0.1) is 0 Å². The Morgan fingerprint density at radius 1 is 0.296 bits per heavy atom. The van der Waals surface area contributed by atoms with Gasteiger partial charge < -0.3 is 9.47 Å². The van der Waals surface area contributed by atoms with E-state index in [2.05, 4.69) is 228 Å². The van der Waals surface area contributed by atoms with Crippen LogP contribution >= 0.6 is 0 Å². The molecule has 10 aromatic rings. The number of anilines is 3. The lowest BCUT2D eigenvalue weighted by Gasteiger charge is -2.26. The Morgan fingerprint density at radius 2 is 0.796 bits per heavy atom. The first-order valence-corrected chi connectivity index (χ1v) is 18.5. The SMILES string of the molecule is c1ccc(-c2ccc(N(c3ccc(-c4cccc(-n5c6ccccc6c6ccccc65)c4)cc3)c3cccc(-c4cccc5ccccc45)c3)cc2)cc1. The van der Waals surface area contributed by atoms with Gasteiger partial charge in [-0.1, -0.05) is 158 Å². The van der Waals surface area contributed by atoms with Crippen LogP contribution in [0.25, 0.3) is 71.6 Å². The second kappa shape index (κ2) is 13.4. The van der Waals surface area contributed by atoms with Crippen LogP contribution in [-0.4, -0.2) is 4.57 Å². The van der Waals surface area contributed by atoms with E-state index >= 15 is 0 Å². The van der Waals surface area contributed by atoms with Crippen molar-refractivity contribution in [2.45, 2.75) is 0 Å². The van der Waals surface area contributed by atoms with Gasteiger partial charge in [-0.3, -0.25) is 0 Å². The molecule has 0 atom stereocenters. The Balaban J connectivity index is 1.06. The fraction of sp³-hybridized carbons (Fsp3) is 0. The quantitative estimate of drug-likeness (QED) is 0.162. The average molecular weight is 689 g/mol.